The number of nitrogens with one attached hydrogen (secondary N) is 2. The Morgan fingerprint density at radius 1 is 1.11 bits per heavy atom. The first-order valence-electron chi connectivity index (χ1n) is 9.39. The van der Waals surface area contributed by atoms with Crippen LogP contribution in [0.1, 0.15) is 24.5 Å². The van der Waals surface area contributed by atoms with E-state index in [4.69, 9.17) is 0 Å². The molecule has 6 nitrogen and oxygen atoms in total. The maximum Gasteiger partial charge on any atom is 0.237 e. The highest BCUT2D eigenvalue weighted by Gasteiger charge is 2.37. The highest BCUT2D eigenvalue weighted by molar-refractivity contribution is 5.83. The molecule has 0 radical (unpaired) electrons. The minimum absolute atomic E-state index is 0.00777. The summed E-state index contributed by atoms with van der Waals surface area (Å²) in [6.45, 7) is 3.84. The van der Waals surface area contributed by atoms with Gasteiger partial charge in [0.05, 0.1) is 12.5 Å². The number of carbonyl (C=O) groups is 2. The molecular weight excluding hydrogens is 340 g/mol. The minimum atomic E-state index is -0.236. The van der Waals surface area contributed by atoms with Crippen LogP contribution in [-0.4, -0.2) is 46.9 Å². The molecule has 142 valence electrons. The quantitative estimate of drug-likeness (QED) is 0.779. The second-order valence-electron chi connectivity index (χ2n) is 6.86. The molecule has 27 heavy (non-hydrogen) atoms. The molecule has 1 aromatic carbocycles. The number of amides is 2. The van der Waals surface area contributed by atoms with Crippen molar-refractivity contribution in [3.63, 3.8) is 0 Å². The lowest BCUT2D eigenvalue weighted by molar-refractivity contribution is -0.125. The lowest BCUT2D eigenvalue weighted by atomic mass is 10.1. The Hall–Kier alpha value is -2.73. The summed E-state index contributed by atoms with van der Waals surface area (Å²) >= 11 is 0. The number of carbonyl (C=O) groups excluding carboxylic acids is 2. The van der Waals surface area contributed by atoms with Crippen LogP contribution < -0.4 is 10.6 Å². The van der Waals surface area contributed by atoms with Gasteiger partial charge < -0.3 is 10.6 Å². The summed E-state index contributed by atoms with van der Waals surface area (Å²) in [5.74, 6) is 0.0120. The van der Waals surface area contributed by atoms with Crippen molar-refractivity contribution >= 4 is 11.8 Å². The van der Waals surface area contributed by atoms with Crippen LogP contribution in [-0.2, 0) is 22.6 Å². The predicted molar refractivity (Wildman–Crippen MR) is 104 cm³/mol. The first kappa shape index (κ1) is 19.0. The monoisotopic (exact) mass is 366 g/mol. The van der Waals surface area contributed by atoms with Crippen LogP contribution in [0.15, 0.2) is 54.9 Å². The lowest BCUT2D eigenvalue weighted by Gasteiger charge is -2.23. The summed E-state index contributed by atoms with van der Waals surface area (Å²) < 4.78 is 0. The van der Waals surface area contributed by atoms with Crippen LogP contribution in [0.25, 0.3) is 0 Å². The molecule has 1 aliphatic rings. The SMILES string of the molecule is CCNC(=O)[C@@H]1C[C@H](NC(=O)Cc2ccccc2)CN1Cc1ccncc1. The second kappa shape index (κ2) is 9.28. The van der Waals surface area contributed by atoms with Crippen molar-refractivity contribution in [3.8, 4) is 0 Å². The third-order valence-corrected chi connectivity index (χ3v) is 4.76. The van der Waals surface area contributed by atoms with Gasteiger partial charge in [-0.05, 0) is 36.6 Å². The first-order chi connectivity index (χ1) is 13.2. The molecule has 0 unspecified atom stereocenters. The van der Waals surface area contributed by atoms with Gasteiger partial charge in [0, 0.05) is 38.1 Å². The lowest BCUT2D eigenvalue weighted by Crippen LogP contribution is -2.42. The van der Waals surface area contributed by atoms with Crippen LogP contribution in [0.4, 0.5) is 0 Å². The Bertz CT molecular complexity index is 751. The van der Waals surface area contributed by atoms with Gasteiger partial charge in [-0.1, -0.05) is 30.3 Å². The molecule has 3 rings (SSSR count). The van der Waals surface area contributed by atoms with Gasteiger partial charge in [-0.3, -0.25) is 19.5 Å². The van der Waals surface area contributed by atoms with E-state index in [1.165, 1.54) is 0 Å². The summed E-state index contributed by atoms with van der Waals surface area (Å²) in [7, 11) is 0. The van der Waals surface area contributed by atoms with E-state index in [1.807, 2.05) is 49.4 Å². The van der Waals surface area contributed by atoms with Crippen molar-refractivity contribution in [1.82, 2.24) is 20.5 Å². The van der Waals surface area contributed by atoms with Crippen LogP contribution in [0.2, 0.25) is 0 Å². The summed E-state index contributed by atoms with van der Waals surface area (Å²) in [6, 6.07) is 13.3. The van der Waals surface area contributed by atoms with Gasteiger partial charge in [0.25, 0.3) is 0 Å². The molecule has 0 spiro atoms. The highest BCUT2D eigenvalue weighted by atomic mass is 16.2. The topological polar surface area (TPSA) is 74.3 Å². The van der Waals surface area contributed by atoms with E-state index in [0.29, 0.717) is 32.5 Å². The fourth-order valence-electron chi connectivity index (χ4n) is 3.53. The van der Waals surface area contributed by atoms with Gasteiger partial charge in [0.2, 0.25) is 11.8 Å². The summed E-state index contributed by atoms with van der Waals surface area (Å²) in [4.78, 5) is 31.1. The average Bonchev–Trinajstić information content (AvgIpc) is 3.05. The first-order valence-corrected chi connectivity index (χ1v) is 9.39. The van der Waals surface area contributed by atoms with Crippen LogP contribution in [0.3, 0.4) is 0 Å². The van der Waals surface area contributed by atoms with Crippen LogP contribution >= 0.6 is 0 Å². The largest absolute Gasteiger partial charge is 0.355 e. The Kier molecular flexibility index (Phi) is 6.54. The molecule has 1 fully saturated rings. The van der Waals surface area contributed by atoms with Crippen molar-refractivity contribution in [2.45, 2.75) is 38.4 Å². The van der Waals surface area contributed by atoms with E-state index in [-0.39, 0.29) is 23.9 Å². The maximum atomic E-state index is 12.5. The number of likely N-dealkylation sites (N-methyl/N-ethyl adjacent to an activating group) is 1. The number of nitrogens with zero attached hydrogens (tertiary/aromatic N) is 2. The Morgan fingerprint density at radius 3 is 2.56 bits per heavy atom. The van der Waals surface area contributed by atoms with Gasteiger partial charge in [0.1, 0.15) is 0 Å². The number of aromatic nitrogens is 1. The van der Waals surface area contributed by atoms with Crippen molar-refractivity contribution in [2.24, 2.45) is 0 Å². The summed E-state index contributed by atoms with van der Waals surface area (Å²) in [6.07, 6.45) is 4.49. The molecular formula is C21H26N4O2. The van der Waals surface area contributed by atoms with E-state index < -0.39 is 0 Å². The standard InChI is InChI=1S/C21H26N4O2/c1-2-23-21(27)19-13-18(15-25(19)14-17-8-10-22-11-9-17)24-20(26)12-16-6-4-3-5-7-16/h3-11,18-19H,2,12-15H2,1H3,(H,23,27)(H,24,26)/t18-,19-/m0/s1. The van der Waals surface area contributed by atoms with Crippen LogP contribution in [0, 0.1) is 0 Å². The summed E-state index contributed by atoms with van der Waals surface area (Å²) in [5.41, 5.74) is 2.09. The van der Waals surface area contributed by atoms with E-state index in [1.54, 1.807) is 12.4 Å². The van der Waals surface area contributed by atoms with Crippen molar-refractivity contribution in [2.75, 3.05) is 13.1 Å². The number of likely N-dealkylation sites (tertiary alicyclic amines) is 1. The predicted octanol–water partition coefficient (Wildman–Crippen LogP) is 1.52. The zero-order valence-corrected chi connectivity index (χ0v) is 15.6. The molecule has 2 amide bonds. The number of hydrogen-bond donors (Lipinski definition) is 2. The van der Waals surface area contributed by atoms with Gasteiger partial charge in [-0.2, -0.15) is 0 Å². The third-order valence-electron chi connectivity index (χ3n) is 4.76. The van der Waals surface area contributed by atoms with Gasteiger partial charge >= 0.3 is 0 Å². The average molecular weight is 366 g/mol. The molecule has 1 aromatic heterocycles. The van der Waals surface area contributed by atoms with E-state index in [9.17, 15) is 9.59 Å². The number of rotatable bonds is 7. The fourth-order valence-corrected chi connectivity index (χ4v) is 3.53. The molecule has 1 aliphatic heterocycles. The van der Waals surface area contributed by atoms with Gasteiger partial charge in [0.15, 0.2) is 0 Å². The fraction of sp³-hybridized carbons (Fsp3) is 0.381. The third kappa shape index (κ3) is 5.37. The number of pyridine rings is 1. The number of hydrogen-bond acceptors (Lipinski definition) is 4. The summed E-state index contributed by atoms with van der Waals surface area (Å²) in [5, 5.41) is 6.01. The van der Waals surface area contributed by atoms with Gasteiger partial charge in [-0.25, -0.2) is 0 Å². The minimum Gasteiger partial charge on any atom is -0.355 e. The molecule has 2 atom stereocenters. The molecule has 0 saturated carbocycles. The molecule has 1 saturated heterocycles. The van der Waals surface area contributed by atoms with Crippen molar-refractivity contribution in [1.29, 1.82) is 0 Å². The van der Waals surface area contributed by atoms with Gasteiger partial charge in [-0.15, -0.1) is 0 Å². The molecule has 2 aromatic rings. The zero-order chi connectivity index (χ0) is 19.1. The molecule has 2 N–H and O–H groups in total. The smallest absolute Gasteiger partial charge is 0.237 e. The van der Waals surface area contributed by atoms with E-state index >= 15 is 0 Å². The molecule has 0 bridgehead atoms. The molecule has 0 aliphatic carbocycles. The van der Waals surface area contributed by atoms with Crippen molar-refractivity contribution < 1.29 is 9.59 Å². The highest BCUT2D eigenvalue weighted by Crippen LogP contribution is 2.21. The Labute approximate surface area is 160 Å². The van der Waals surface area contributed by atoms with Crippen LogP contribution in [0.5, 0.6) is 0 Å². The zero-order valence-electron chi connectivity index (χ0n) is 15.6. The second-order valence-corrected chi connectivity index (χ2v) is 6.86. The maximum absolute atomic E-state index is 12.5. The Morgan fingerprint density at radius 2 is 1.85 bits per heavy atom. The normalized spacial score (nSPS) is 19.6. The van der Waals surface area contributed by atoms with Crippen molar-refractivity contribution in [3.05, 3.63) is 66.0 Å². The number of benzene rings is 1. The Balaban J connectivity index is 1.63. The van der Waals surface area contributed by atoms with E-state index in [0.717, 1.165) is 11.1 Å². The van der Waals surface area contributed by atoms with E-state index in [2.05, 4.69) is 20.5 Å². The molecule has 2 heterocycles. The molecule has 6 heteroatoms.